The van der Waals surface area contributed by atoms with E-state index in [9.17, 15) is 9.90 Å². The molecule has 1 N–H and O–H groups in total. The van der Waals surface area contributed by atoms with Crippen molar-refractivity contribution in [2.45, 2.75) is 33.2 Å². The molecule has 23 heavy (non-hydrogen) atoms. The number of carboxylic acid groups (broad SMARTS) is 1. The van der Waals surface area contributed by atoms with E-state index < -0.39 is 12.0 Å². The molecule has 1 unspecified atom stereocenters. The Bertz CT molecular complexity index is 863. The molecule has 5 nitrogen and oxygen atoms in total. The number of aromatic nitrogens is 3. The third-order valence-electron chi connectivity index (χ3n) is 4.34. The topological polar surface area (TPSA) is 68.0 Å². The fraction of sp³-hybridized carbons (Fsp3) is 0.278. The van der Waals surface area contributed by atoms with Crippen molar-refractivity contribution in [3.63, 3.8) is 0 Å². The Morgan fingerprint density at radius 2 is 1.96 bits per heavy atom. The van der Waals surface area contributed by atoms with Gasteiger partial charge in [-0.3, -0.25) is 9.97 Å². The number of fused-ring (bicyclic) bond motifs is 1. The van der Waals surface area contributed by atoms with Crippen molar-refractivity contribution < 1.29 is 9.90 Å². The normalized spacial score (nSPS) is 12.5. The van der Waals surface area contributed by atoms with Crippen LogP contribution >= 0.6 is 0 Å². The summed E-state index contributed by atoms with van der Waals surface area (Å²) in [4.78, 5) is 20.0. The smallest absolute Gasteiger partial charge is 0.326 e. The fourth-order valence-electron chi connectivity index (χ4n) is 2.92. The van der Waals surface area contributed by atoms with Crippen LogP contribution in [0, 0.1) is 13.8 Å². The second-order valence-corrected chi connectivity index (χ2v) is 5.86. The highest BCUT2D eigenvalue weighted by Crippen LogP contribution is 2.25. The van der Waals surface area contributed by atoms with Crippen LogP contribution in [0.4, 0.5) is 0 Å². The summed E-state index contributed by atoms with van der Waals surface area (Å²) < 4.78 is 1.77. The molecule has 0 fully saturated rings. The van der Waals surface area contributed by atoms with Gasteiger partial charge in [-0.25, -0.2) is 4.79 Å². The largest absolute Gasteiger partial charge is 0.480 e. The minimum Gasteiger partial charge on any atom is -0.480 e. The molecule has 3 rings (SSSR count). The maximum Gasteiger partial charge on any atom is 0.326 e. The van der Waals surface area contributed by atoms with Gasteiger partial charge >= 0.3 is 5.97 Å². The van der Waals surface area contributed by atoms with Crippen LogP contribution in [0.5, 0.6) is 0 Å². The molecule has 0 amide bonds. The highest BCUT2D eigenvalue weighted by atomic mass is 16.4. The molecule has 3 heterocycles. The second kappa shape index (κ2) is 5.83. The maximum absolute atomic E-state index is 11.3. The minimum absolute atomic E-state index is 0.604. The predicted octanol–water partition coefficient (Wildman–Crippen LogP) is 3.28. The average Bonchev–Trinajstić information content (AvgIpc) is 2.95. The van der Waals surface area contributed by atoms with Crippen molar-refractivity contribution in [2.75, 3.05) is 0 Å². The van der Waals surface area contributed by atoms with Gasteiger partial charge in [0.1, 0.15) is 6.04 Å². The average molecular weight is 309 g/mol. The number of carboxylic acids is 1. The zero-order valence-corrected chi connectivity index (χ0v) is 13.4. The van der Waals surface area contributed by atoms with Crippen LogP contribution in [-0.2, 0) is 11.2 Å². The summed E-state index contributed by atoms with van der Waals surface area (Å²) >= 11 is 0. The molecular formula is C18H19N3O2. The van der Waals surface area contributed by atoms with Crippen molar-refractivity contribution in [1.29, 1.82) is 0 Å². The Kier molecular flexibility index (Phi) is 3.86. The van der Waals surface area contributed by atoms with Crippen LogP contribution in [0.2, 0.25) is 0 Å². The molecule has 0 aliphatic carbocycles. The lowest BCUT2D eigenvalue weighted by Gasteiger charge is -2.12. The number of hydrogen-bond donors (Lipinski definition) is 1. The molecule has 0 aromatic carbocycles. The van der Waals surface area contributed by atoms with Gasteiger partial charge in [-0.2, -0.15) is 0 Å². The molecule has 0 aliphatic heterocycles. The van der Waals surface area contributed by atoms with E-state index in [4.69, 9.17) is 0 Å². The molecule has 0 radical (unpaired) electrons. The number of pyridine rings is 2. The lowest BCUT2D eigenvalue weighted by molar-refractivity contribution is -0.140. The van der Waals surface area contributed by atoms with E-state index in [1.807, 2.05) is 44.6 Å². The molecule has 0 spiro atoms. The number of nitrogens with zero attached hydrogens (tertiary/aromatic N) is 3. The van der Waals surface area contributed by atoms with Crippen LogP contribution in [-0.4, -0.2) is 25.6 Å². The van der Waals surface area contributed by atoms with Gasteiger partial charge in [0.2, 0.25) is 0 Å². The first kappa shape index (κ1) is 15.2. The van der Waals surface area contributed by atoms with Crippen molar-refractivity contribution in [3.8, 4) is 0 Å². The lowest BCUT2D eigenvalue weighted by Crippen LogP contribution is -2.14. The molecule has 0 bridgehead atoms. The molecule has 3 aromatic rings. The zero-order chi connectivity index (χ0) is 16.6. The van der Waals surface area contributed by atoms with Crippen LogP contribution in [0.3, 0.4) is 0 Å². The number of hydrogen-bond acceptors (Lipinski definition) is 3. The summed E-state index contributed by atoms with van der Waals surface area (Å²) in [7, 11) is 0. The van der Waals surface area contributed by atoms with Gasteiger partial charge in [-0.05, 0) is 49.6 Å². The SMILES string of the molecule is Cc1cncc(C)c1Cc1nccc2c1ccn2C(C)C(=O)O. The summed E-state index contributed by atoms with van der Waals surface area (Å²) in [5.74, 6) is -0.846. The van der Waals surface area contributed by atoms with Crippen molar-refractivity contribution in [2.24, 2.45) is 0 Å². The van der Waals surface area contributed by atoms with E-state index in [2.05, 4.69) is 9.97 Å². The first-order chi connectivity index (χ1) is 11.0. The van der Waals surface area contributed by atoms with Crippen molar-refractivity contribution >= 4 is 16.9 Å². The van der Waals surface area contributed by atoms with Crippen molar-refractivity contribution in [3.05, 3.63) is 59.3 Å². The Labute approximate surface area is 134 Å². The fourth-order valence-corrected chi connectivity index (χ4v) is 2.92. The minimum atomic E-state index is -0.846. The Morgan fingerprint density at radius 1 is 1.26 bits per heavy atom. The number of rotatable bonds is 4. The molecular weight excluding hydrogens is 290 g/mol. The number of carbonyl (C=O) groups is 1. The summed E-state index contributed by atoms with van der Waals surface area (Å²) in [6.07, 6.45) is 8.00. The Hall–Kier alpha value is -2.69. The van der Waals surface area contributed by atoms with Gasteiger partial charge in [0.15, 0.2) is 0 Å². The zero-order valence-electron chi connectivity index (χ0n) is 13.4. The van der Waals surface area contributed by atoms with Gasteiger partial charge in [-0.1, -0.05) is 0 Å². The second-order valence-electron chi connectivity index (χ2n) is 5.86. The highest BCUT2D eigenvalue weighted by molar-refractivity contribution is 5.85. The molecule has 0 aliphatic rings. The predicted molar refractivity (Wildman–Crippen MR) is 88.6 cm³/mol. The van der Waals surface area contributed by atoms with Gasteiger partial charge in [0.25, 0.3) is 0 Å². The first-order valence-corrected chi connectivity index (χ1v) is 7.56. The van der Waals surface area contributed by atoms with E-state index in [1.165, 1.54) is 5.56 Å². The summed E-state index contributed by atoms with van der Waals surface area (Å²) in [6.45, 7) is 5.78. The molecule has 118 valence electrons. The van der Waals surface area contributed by atoms with Gasteiger partial charge in [-0.15, -0.1) is 0 Å². The van der Waals surface area contributed by atoms with E-state index >= 15 is 0 Å². The quantitative estimate of drug-likeness (QED) is 0.803. The van der Waals surface area contributed by atoms with Gasteiger partial charge in [0.05, 0.1) is 11.2 Å². The Balaban J connectivity index is 2.08. The number of aliphatic carboxylic acids is 1. The van der Waals surface area contributed by atoms with Crippen molar-refractivity contribution in [1.82, 2.24) is 14.5 Å². The van der Waals surface area contributed by atoms with Crippen LogP contribution in [0.25, 0.3) is 10.9 Å². The molecule has 3 aromatic heterocycles. The highest BCUT2D eigenvalue weighted by Gasteiger charge is 2.17. The van der Waals surface area contributed by atoms with Crippen LogP contribution < -0.4 is 0 Å². The van der Waals surface area contributed by atoms with Crippen LogP contribution in [0.15, 0.2) is 36.9 Å². The lowest BCUT2D eigenvalue weighted by atomic mass is 10.00. The summed E-state index contributed by atoms with van der Waals surface area (Å²) in [5.41, 5.74) is 5.36. The number of aryl methyl sites for hydroxylation is 2. The molecule has 0 saturated heterocycles. The van der Waals surface area contributed by atoms with E-state index in [0.29, 0.717) is 6.42 Å². The molecule has 0 saturated carbocycles. The first-order valence-electron chi connectivity index (χ1n) is 7.56. The van der Waals surface area contributed by atoms with Gasteiger partial charge in [0, 0.05) is 36.6 Å². The van der Waals surface area contributed by atoms with E-state index in [-0.39, 0.29) is 0 Å². The third kappa shape index (κ3) is 2.70. The Morgan fingerprint density at radius 3 is 2.61 bits per heavy atom. The standard InChI is InChI=1S/C18H19N3O2/c1-11-9-19-10-12(2)15(11)8-16-14-5-7-21(13(3)18(22)23)17(14)4-6-20-16/h4-7,9-10,13H,8H2,1-3H3,(H,22,23). The van der Waals surface area contributed by atoms with Gasteiger partial charge < -0.3 is 9.67 Å². The molecule has 1 atom stereocenters. The molecule has 5 heteroatoms. The van der Waals surface area contributed by atoms with E-state index in [1.54, 1.807) is 17.7 Å². The monoisotopic (exact) mass is 309 g/mol. The van der Waals surface area contributed by atoms with E-state index in [0.717, 1.165) is 27.7 Å². The summed E-state index contributed by atoms with van der Waals surface area (Å²) in [6, 6.07) is 3.21. The third-order valence-corrected chi connectivity index (χ3v) is 4.34. The maximum atomic E-state index is 11.3. The van der Waals surface area contributed by atoms with Crippen LogP contribution in [0.1, 0.15) is 35.3 Å². The summed E-state index contributed by atoms with van der Waals surface area (Å²) in [5, 5.41) is 10.2.